The molecule has 1 unspecified atom stereocenters. The molecule has 0 bridgehead atoms. The molecule has 4 nitrogen and oxygen atoms in total. The average molecular weight is 251 g/mol. The van der Waals surface area contributed by atoms with Gasteiger partial charge in [0, 0.05) is 19.5 Å². The van der Waals surface area contributed by atoms with E-state index in [4.69, 9.17) is 9.84 Å². The van der Waals surface area contributed by atoms with E-state index in [0.717, 1.165) is 18.8 Å². The Kier molecular flexibility index (Phi) is 5.65. The first-order valence-electron chi connectivity index (χ1n) is 6.04. The zero-order valence-corrected chi connectivity index (χ0v) is 11.2. The third-order valence-corrected chi connectivity index (χ3v) is 2.76. The molecule has 0 heterocycles. The number of ether oxygens (including phenoxy) is 1. The molecule has 1 aromatic carbocycles. The van der Waals surface area contributed by atoms with Gasteiger partial charge in [-0.05, 0) is 30.7 Å². The Morgan fingerprint density at radius 1 is 1.39 bits per heavy atom. The SMILES string of the molecule is COc1ccc(CN(C)CC(C)CC(=O)O)cc1. The van der Waals surface area contributed by atoms with Crippen molar-refractivity contribution in [1.29, 1.82) is 0 Å². The molecular weight excluding hydrogens is 230 g/mol. The van der Waals surface area contributed by atoms with Crippen LogP contribution < -0.4 is 4.74 Å². The summed E-state index contributed by atoms with van der Waals surface area (Å²) >= 11 is 0. The van der Waals surface area contributed by atoms with E-state index in [1.807, 2.05) is 38.2 Å². The lowest BCUT2D eigenvalue weighted by Gasteiger charge is -2.20. The van der Waals surface area contributed by atoms with Crippen LogP contribution in [-0.4, -0.2) is 36.7 Å². The number of aliphatic carboxylic acids is 1. The van der Waals surface area contributed by atoms with Gasteiger partial charge in [-0.15, -0.1) is 0 Å². The van der Waals surface area contributed by atoms with Gasteiger partial charge in [0.25, 0.3) is 0 Å². The molecule has 0 fully saturated rings. The lowest BCUT2D eigenvalue weighted by atomic mass is 10.1. The van der Waals surface area contributed by atoms with Gasteiger partial charge in [-0.1, -0.05) is 19.1 Å². The Morgan fingerprint density at radius 2 is 2.00 bits per heavy atom. The Balaban J connectivity index is 2.43. The number of hydrogen-bond acceptors (Lipinski definition) is 3. The first kappa shape index (κ1) is 14.5. The van der Waals surface area contributed by atoms with Gasteiger partial charge in [0.2, 0.25) is 0 Å². The number of nitrogens with zero attached hydrogens (tertiary/aromatic N) is 1. The molecule has 0 amide bonds. The molecule has 0 radical (unpaired) electrons. The summed E-state index contributed by atoms with van der Waals surface area (Å²) in [6, 6.07) is 7.92. The average Bonchev–Trinajstić information content (AvgIpc) is 2.28. The highest BCUT2D eigenvalue weighted by Crippen LogP contribution is 2.13. The summed E-state index contributed by atoms with van der Waals surface area (Å²) in [6.07, 6.45) is 0.215. The van der Waals surface area contributed by atoms with Crippen LogP contribution in [0.3, 0.4) is 0 Å². The first-order chi connectivity index (χ1) is 8.51. The van der Waals surface area contributed by atoms with Crippen molar-refractivity contribution in [1.82, 2.24) is 4.90 Å². The summed E-state index contributed by atoms with van der Waals surface area (Å²) in [5.74, 6) is 0.270. The van der Waals surface area contributed by atoms with E-state index in [9.17, 15) is 4.79 Å². The van der Waals surface area contributed by atoms with Gasteiger partial charge in [0.1, 0.15) is 5.75 Å². The highest BCUT2D eigenvalue weighted by atomic mass is 16.5. The molecule has 1 rings (SSSR count). The minimum absolute atomic E-state index is 0.158. The lowest BCUT2D eigenvalue weighted by Crippen LogP contribution is -2.25. The van der Waals surface area contributed by atoms with Gasteiger partial charge < -0.3 is 14.7 Å². The minimum atomic E-state index is -0.736. The fraction of sp³-hybridized carbons (Fsp3) is 0.500. The third kappa shape index (κ3) is 5.19. The Hall–Kier alpha value is -1.55. The van der Waals surface area contributed by atoms with Gasteiger partial charge >= 0.3 is 5.97 Å². The summed E-state index contributed by atoms with van der Waals surface area (Å²) in [5, 5.41) is 8.71. The van der Waals surface area contributed by atoms with Gasteiger partial charge in [-0.2, -0.15) is 0 Å². The van der Waals surface area contributed by atoms with Crippen LogP contribution >= 0.6 is 0 Å². The normalized spacial score (nSPS) is 12.4. The van der Waals surface area contributed by atoms with Gasteiger partial charge in [0.05, 0.1) is 7.11 Å². The van der Waals surface area contributed by atoms with Crippen LogP contribution in [-0.2, 0) is 11.3 Å². The standard InChI is InChI=1S/C14H21NO3/c1-11(8-14(16)17)9-15(2)10-12-4-6-13(18-3)7-5-12/h4-7,11H,8-10H2,1-3H3,(H,16,17). The van der Waals surface area contributed by atoms with E-state index in [0.29, 0.717) is 0 Å². The molecule has 4 heteroatoms. The lowest BCUT2D eigenvalue weighted by molar-refractivity contribution is -0.138. The highest BCUT2D eigenvalue weighted by Gasteiger charge is 2.10. The van der Waals surface area contributed by atoms with Crippen molar-refractivity contribution in [2.45, 2.75) is 19.9 Å². The highest BCUT2D eigenvalue weighted by molar-refractivity contribution is 5.66. The third-order valence-electron chi connectivity index (χ3n) is 2.76. The maximum absolute atomic E-state index is 10.6. The summed E-state index contributed by atoms with van der Waals surface area (Å²) in [6.45, 7) is 3.55. The number of carbonyl (C=O) groups is 1. The molecule has 0 saturated carbocycles. The molecule has 100 valence electrons. The number of methoxy groups -OCH3 is 1. The topological polar surface area (TPSA) is 49.8 Å². The fourth-order valence-corrected chi connectivity index (χ4v) is 2.00. The van der Waals surface area contributed by atoms with Crippen LogP contribution in [0.25, 0.3) is 0 Å². The van der Waals surface area contributed by atoms with Crippen LogP contribution in [0.15, 0.2) is 24.3 Å². The van der Waals surface area contributed by atoms with E-state index in [1.54, 1.807) is 7.11 Å². The van der Waals surface area contributed by atoms with E-state index in [2.05, 4.69) is 4.90 Å². The van der Waals surface area contributed by atoms with Gasteiger partial charge in [-0.25, -0.2) is 0 Å². The molecule has 0 aliphatic rings. The van der Waals surface area contributed by atoms with E-state index >= 15 is 0 Å². The Labute approximate surface area is 108 Å². The fourth-order valence-electron chi connectivity index (χ4n) is 2.00. The molecular formula is C14H21NO3. The predicted molar refractivity (Wildman–Crippen MR) is 70.7 cm³/mol. The predicted octanol–water partition coefficient (Wildman–Crippen LogP) is 2.24. The molecule has 1 atom stereocenters. The van der Waals surface area contributed by atoms with E-state index in [1.165, 1.54) is 5.56 Å². The molecule has 0 spiro atoms. The summed E-state index contributed by atoms with van der Waals surface area (Å²) < 4.78 is 5.10. The quantitative estimate of drug-likeness (QED) is 0.807. The van der Waals surface area contributed by atoms with E-state index < -0.39 is 5.97 Å². The second-order valence-corrected chi connectivity index (χ2v) is 4.75. The maximum Gasteiger partial charge on any atom is 0.303 e. The molecule has 1 aromatic rings. The maximum atomic E-state index is 10.6. The number of carboxylic acids is 1. The van der Waals surface area contributed by atoms with Crippen molar-refractivity contribution in [3.63, 3.8) is 0 Å². The van der Waals surface area contributed by atoms with Gasteiger partial charge in [-0.3, -0.25) is 4.79 Å². The minimum Gasteiger partial charge on any atom is -0.497 e. The summed E-state index contributed by atoms with van der Waals surface area (Å²) in [4.78, 5) is 12.7. The summed E-state index contributed by atoms with van der Waals surface area (Å²) in [7, 11) is 3.65. The molecule has 0 saturated heterocycles. The number of benzene rings is 1. The largest absolute Gasteiger partial charge is 0.497 e. The molecule has 18 heavy (non-hydrogen) atoms. The van der Waals surface area contributed by atoms with Crippen molar-refractivity contribution in [3.05, 3.63) is 29.8 Å². The number of rotatable bonds is 7. The van der Waals surface area contributed by atoms with Gasteiger partial charge in [0.15, 0.2) is 0 Å². The van der Waals surface area contributed by atoms with Crippen LogP contribution in [0.1, 0.15) is 18.9 Å². The molecule has 1 N–H and O–H groups in total. The van der Waals surface area contributed by atoms with Crippen molar-refractivity contribution in [3.8, 4) is 5.75 Å². The molecule has 0 aliphatic carbocycles. The second kappa shape index (κ2) is 7.01. The Bertz CT molecular complexity index is 375. The summed E-state index contributed by atoms with van der Waals surface area (Å²) in [5.41, 5.74) is 1.20. The van der Waals surface area contributed by atoms with Crippen molar-refractivity contribution in [2.75, 3.05) is 20.7 Å². The zero-order valence-electron chi connectivity index (χ0n) is 11.2. The van der Waals surface area contributed by atoms with Crippen molar-refractivity contribution < 1.29 is 14.6 Å². The Morgan fingerprint density at radius 3 is 2.50 bits per heavy atom. The monoisotopic (exact) mass is 251 g/mol. The number of hydrogen-bond donors (Lipinski definition) is 1. The molecule has 0 aliphatic heterocycles. The second-order valence-electron chi connectivity index (χ2n) is 4.75. The van der Waals surface area contributed by atoms with Crippen molar-refractivity contribution >= 4 is 5.97 Å². The van der Waals surface area contributed by atoms with E-state index in [-0.39, 0.29) is 12.3 Å². The van der Waals surface area contributed by atoms with Crippen LogP contribution in [0, 0.1) is 5.92 Å². The number of carboxylic acid groups (broad SMARTS) is 1. The zero-order chi connectivity index (χ0) is 13.5. The smallest absolute Gasteiger partial charge is 0.303 e. The van der Waals surface area contributed by atoms with Crippen LogP contribution in [0.2, 0.25) is 0 Å². The van der Waals surface area contributed by atoms with Crippen LogP contribution in [0.5, 0.6) is 5.75 Å². The van der Waals surface area contributed by atoms with Crippen molar-refractivity contribution in [2.24, 2.45) is 5.92 Å². The van der Waals surface area contributed by atoms with Crippen LogP contribution in [0.4, 0.5) is 0 Å². The first-order valence-corrected chi connectivity index (χ1v) is 6.04. The molecule has 0 aromatic heterocycles.